The van der Waals surface area contributed by atoms with Crippen LogP contribution in [0.2, 0.25) is 10.2 Å². The number of alkyl halides is 3. The number of halogens is 5. The maximum Gasteiger partial charge on any atom is 0.416 e. The molecule has 0 bridgehead atoms. The molecule has 26 heavy (non-hydrogen) atoms. The van der Waals surface area contributed by atoms with Crippen molar-refractivity contribution in [3.63, 3.8) is 0 Å². The molecule has 1 aromatic carbocycles. The number of nitrogens with one attached hydrogen (secondary N) is 1. The van der Waals surface area contributed by atoms with Gasteiger partial charge >= 0.3 is 6.18 Å². The van der Waals surface area contributed by atoms with Gasteiger partial charge in [0, 0.05) is 11.6 Å². The van der Waals surface area contributed by atoms with Crippen molar-refractivity contribution in [3.05, 3.63) is 57.8 Å². The van der Waals surface area contributed by atoms with Crippen LogP contribution in [-0.4, -0.2) is 23.5 Å². The summed E-state index contributed by atoms with van der Waals surface area (Å²) in [7, 11) is 0. The molecule has 2 aromatic rings. The summed E-state index contributed by atoms with van der Waals surface area (Å²) in [5.41, 5.74) is -0.953. The lowest BCUT2D eigenvalue weighted by molar-refractivity contribution is -0.137. The molecule has 2 rings (SSSR count). The zero-order valence-corrected chi connectivity index (χ0v) is 15.1. The van der Waals surface area contributed by atoms with Gasteiger partial charge in [-0.05, 0) is 24.6 Å². The molecule has 1 unspecified atom stereocenters. The molecule has 0 fully saturated rings. The van der Waals surface area contributed by atoms with Gasteiger partial charge in [-0.25, -0.2) is 4.98 Å². The Labute approximate surface area is 158 Å². The summed E-state index contributed by atoms with van der Waals surface area (Å²) in [6.07, 6.45) is -2.61. The number of nitrogens with zero attached hydrogens (tertiary/aromatic N) is 1. The standard InChI is InChI=1S/C17H15Cl2F3N2O2/c1-2-12(9-26-13-7-14(18)15(19)23-8-13)24-16(25)10-4-3-5-11(6-10)17(20,21)22/h3-8,12H,2,9H2,1H3,(H,24,25). The van der Waals surface area contributed by atoms with Gasteiger partial charge < -0.3 is 10.1 Å². The number of hydrogen-bond donors (Lipinski definition) is 1. The Morgan fingerprint density at radius 1 is 1.31 bits per heavy atom. The Balaban J connectivity index is 2.00. The molecule has 140 valence electrons. The van der Waals surface area contributed by atoms with Crippen LogP contribution in [0.4, 0.5) is 13.2 Å². The lowest BCUT2D eigenvalue weighted by atomic mass is 10.1. The summed E-state index contributed by atoms with van der Waals surface area (Å²) < 4.78 is 43.8. The molecule has 0 saturated heterocycles. The van der Waals surface area contributed by atoms with Crippen molar-refractivity contribution in [2.45, 2.75) is 25.6 Å². The van der Waals surface area contributed by atoms with E-state index in [2.05, 4.69) is 10.3 Å². The van der Waals surface area contributed by atoms with Crippen LogP contribution in [0.15, 0.2) is 36.5 Å². The average Bonchev–Trinajstić information content (AvgIpc) is 2.60. The molecule has 0 aliphatic heterocycles. The fourth-order valence-corrected chi connectivity index (χ4v) is 2.31. The first-order valence-electron chi connectivity index (χ1n) is 7.62. The predicted octanol–water partition coefficient (Wildman–Crippen LogP) is 4.99. The highest BCUT2D eigenvalue weighted by Gasteiger charge is 2.31. The summed E-state index contributed by atoms with van der Waals surface area (Å²) in [6, 6.07) is 5.31. The normalized spacial score (nSPS) is 12.5. The monoisotopic (exact) mass is 406 g/mol. The molecule has 0 aliphatic rings. The maximum atomic E-state index is 12.8. The molecule has 0 saturated carbocycles. The lowest BCUT2D eigenvalue weighted by Crippen LogP contribution is -2.38. The summed E-state index contributed by atoms with van der Waals surface area (Å²) >= 11 is 11.6. The smallest absolute Gasteiger partial charge is 0.416 e. The van der Waals surface area contributed by atoms with E-state index in [4.69, 9.17) is 27.9 Å². The number of carbonyl (C=O) groups is 1. The number of benzene rings is 1. The molecule has 0 aliphatic carbocycles. The first-order valence-corrected chi connectivity index (χ1v) is 8.38. The third-order valence-electron chi connectivity index (χ3n) is 3.50. The van der Waals surface area contributed by atoms with E-state index in [9.17, 15) is 18.0 Å². The van der Waals surface area contributed by atoms with Crippen LogP contribution < -0.4 is 10.1 Å². The van der Waals surface area contributed by atoms with Crippen molar-refractivity contribution in [3.8, 4) is 5.75 Å². The molecule has 1 N–H and O–H groups in total. The van der Waals surface area contributed by atoms with E-state index in [0.29, 0.717) is 12.2 Å². The highest BCUT2D eigenvalue weighted by atomic mass is 35.5. The number of hydrogen-bond acceptors (Lipinski definition) is 3. The average molecular weight is 407 g/mol. The van der Waals surface area contributed by atoms with Gasteiger partial charge in [0.25, 0.3) is 5.91 Å². The quantitative estimate of drug-likeness (QED) is 0.687. The fourth-order valence-electron chi connectivity index (χ4n) is 2.05. The molecule has 4 nitrogen and oxygen atoms in total. The Morgan fingerprint density at radius 2 is 2.04 bits per heavy atom. The Hall–Kier alpha value is -1.99. The Kier molecular flexibility index (Phi) is 6.72. The summed E-state index contributed by atoms with van der Waals surface area (Å²) in [5.74, 6) is -0.245. The largest absolute Gasteiger partial charge is 0.490 e. The summed E-state index contributed by atoms with van der Waals surface area (Å²) in [5, 5.41) is 3.02. The molecular weight excluding hydrogens is 392 g/mol. The Bertz CT molecular complexity index is 785. The highest BCUT2D eigenvalue weighted by molar-refractivity contribution is 6.41. The second-order valence-corrected chi connectivity index (χ2v) is 6.18. The fraction of sp³-hybridized carbons (Fsp3) is 0.294. The molecule has 1 heterocycles. The van der Waals surface area contributed by atoms with Crippen molar-refractivity contribution in [1.82, 2.24) is 10.3 Å². The predicted molar refractivity (Wildman–Crippen MR) is 92.7 cm³/mol. The number of pyridine rings is 1. The van der Waals surface area contributed by atoms with Crippen LogP contribution in [0.3, 0.4) is 0 Å². The molecular formula is C17H15Cl2F3N2O2. The van der Waals surface area contributed by atoms with Crippen molar-refractivity contribution in [2.24, 2.45) is 0 Å². The maximum absolute atomic E-state index is 12.8. The van der Waals surface area contributed by atoms with Crippen LogP contribution in [0.5, 0.6) is 5.75 Å². The molecule has 1 amide bonds. The molecule has 0 spiro atoms. The number of amides is 1. The molecule has 0 radical (unpaired) electrons. The van der Waals surface area contributed by atoms with Gasteiger partial charge in [0.15, 0.2) is 0 Å². The van der Waals surface area contributed by atoms with Crippen LogP contribution in [0.1, 0.15) is 29.3 Å². The zero-order chi connectivity index (χ0) is 19.3. The third-order valence-corrected chi connectivity index (χ3v) is 4.19. The zero-order valence-electron chi connectivity index (χ0n) is 13.6. The van der Waals surface area contributed by atoms with E-state index in [1.165, 1.54) is 24.4 Å². The minimum absolute atomic E-state index is 0.0746. The second-order valence-electron chi connectivity index (χ2n) is 5.41. The van der Waals surface area contributed by atoms with Crippen LogP contribution >= 0.6 is 23.2 Å². The first-order chi connectivity index (χ1) is 12.2. The van der Waals surface area contributed by atoms with Crippen LogP contribution in [-0.2, 0) is 6.18 Å². The van der Waals surface area contributed by atoms with Gasteiger partial charge in [0.1, 0.15) is 17.5 Å². The van der Waals surface area contributed by atoms with Crippen molar-refractivity contribution in [1.29, 1.82) is 0 Å². The van der Waals surface area contributed by atoms with Crippen molar-refractivity contribution >= 4 is 29.1 Å². The van der Waals surface area contributed by atoms with Gasteiger partial charge in [0.2, 0.25) is 0 Å². The minimum atomic E-state index is -4.51. The van der Waals surface area contributed by atoms with Crippen molar-refractivity contribution < 1.29 is 22.7 Å². The second kappa shape index (κ2) is 8.60. The van der Waals surface area contributed by atoms with E-state index in [-0.39, 0.29) is 22.3 Å². The highest BCUT2D eigenvalue weighted by Crippen LogP contribution is 2.29. The van der Waals surface area contributed by atoms with E-state index in [0.717, 1.165) is 12.1 Å². The molecule has 1 atom stereocenters. The van der Waals surface area contributed by atoms with E-state index in [1.807, 2.05) is 6.92 Å². The van der Waals surface area contributed by atoms with Crippen LogP contribution in [0.25, 0.3) is 0 Å². The van der Waals surface area contributed by atoms with E-state index >= 15 is 0 Å². The van der Waals surface area contributed by atoms with Gasteiger partial charge in [0.05, 0.1) is 22.8 Å². The minimum Gasteiger partial charge on any atom is -0.490 e. The number of aromatic nitrogens is 1. The number of carbonyl (C=O) groups excluding carboxylic acids is 1. The van der Waals surface area contributed by atoms with Gasteiger partial charge in [-0.2, -0.15) is 13.2 Å². The van der Waals surface area contributed by atoms with Crippen molar-refractivity contribution in [2.75, 3.05) is 6.61 Å². The van der Waals surface area contributed by atoms with Gasteiger partial charge in [-0.3, -0.25) is 4.79 Å². The third kappa shape index (κ3) is 5.51. The lowest BCUT2D eigenvalue weighted by Gasteiger charge is -2.18. The molecule has 1 aromatic heterocycles. The molecule has 9 heteroatoms. The van der Waals surface area contributed by atoms with Gasteiger partial charge in [-0.1, -0.05) is 36.2 Å². The SMILES string of the molecule is CCC(COc1cnc(Cl)c(Cl)c1)NC(=O)c1cccc(C(F)(F)F)c1. The van der Waals surface area contributed by atoms with E-state index in [1.54, 1.807) is 0 Å². The topological polar surface area (TPSA) is 51.2 Å². The summed E-state index contributed by atoms with van der Waals surface area (Å²) in [6.45, 7) is 1.91. The first kappa shape index (κ1) is 20.3. The summed E-state index contributed by atoms with van der Waals surface area (Å²) in [4.78, 5) is 16.1. The van der Waals surface area contributed by atoms with Gasteiger partial charge in [-0.15, -0.1) is 0 Å². The van der Waals surface area contributed by atoms with E-state index < -0.39 is 23.7 Å². The Morgan fingerprint density at radius 3 is 2.65 bits per heavy atom. The number of rotatable bonds is 6. The number of ether oxygens (including phenoxy) is 1. The van der Waals surface area contributed by atoms with Crippen LogP contribution in [0, 0.1) is 0 Å².